The second kappa shape index (κ2) is 5.69. The summed E-state index contributed by atoms with van der Waals surface area (Å²) in [4.78, 5) is 15.8. The van der Waals surface area contributed by atoms with Gasteiger partial charge < -0.3 is 4.74 Å². The van der Waals surface area contributed by atoms with Crippen molar-refractivity contribution in [1.29, 1.82) is 0 Å². The van der Waals surface area contributed by atoms with E-state index >= 15 is 0 Å². The van der Waals surface area contributed by atoms with Gasteiger partial charge in [0, 0.05) is 7.05 Å². The van der Waals surface area contributed by atoms with Crippen molar-refractivity contribution < 1.29 is 31.5 Å². The van der Waals surface area contributed by atoms with Crippen LogP contribution in [-0.2, 0) is 10.7 Å². The van der Waals surface area contributed by atoms with Crippen LogP contribution in [0.25, 0.3) is 0 Å². The van der Waals surface area contributed by atoms with E-state index in [1.807, 2.05) is 0 Å². The number of hydrogen-bond acceptors (Lipinski definition) is 3. The number of carbonyl (C=O) groups excluding carboxylic acids is 1. The second-order valence-corrected chi connectivity index (χ2v) is 5.51. The third kappa shape index (κ3) is 4.05. The van der Waals surface area contributed by atoms with Crippen molar-refractivity contribution in [2.24, 2.45) is 0 Å². The van der Waals surface area contributed by atoms with E-state index in [0.29, 0.717) is 6.07 Å². The van der Waals surface area contributed by atoms with Gasteiger partial charge in [-0.15, -0.1) is 0 Å². The van der Waals surface area contributed by atoms with Crippen LogP contribution in [0.5, 0.6) is 0 Å². The number of pyridine rings is 1. The first kappa shape index (κ1) is 18.1. The summed E-state index contributed by atoms with van der Waals surface area (Å²) in [5, 5.41) is 0. The number of alkyl halides is 5. The monoisotopic (exact) mass is 326 g/mol. The largest absolute Gasteiger partial charge is 0.459 e. The van der Waals surface area contributed by atoms with E-state index in [9.17, 15) is 26.7 Å². The Balaban J connectivity index is 2.96. The molecule has 124 valence electrons. The van der Waals surface area contributed by atoms with Gasteiger partial charge in [-0.3, -0.25) is 9.88 Å². The van der Waals surface area contributed by atoms with E-state index < -0.39 is 29.5 Å². The molecule has 0 saturated heterocycles. The van der Waals surface area contributed by atoms with E-state index in [1.54, 1.807) is 20.8 Å². The zero-order valence-electron chi connectivity index (χ0n) is 12.3. The van der Waals surface area contributed by atoms with Crippen LogP contribution >= 0.6 is 0 Å². The van der Waals surface area contributed by atoms with Gasteiger partial charge in [-0.25, -0.2) is 4.79 Å². The van der Waals surface area contributed by atoms with Crippen LogP contribution in [0.1, 0.15) is 26.5 Å². The van der Waals surface area contributed by atoms with Crippen molar-refractivity contribution in [3.63, 3.8) is 0 Å². The summed E-state index contributed by atoms with van der Waals surface area (Å²) in [6.45, 7) is 4.89. The van der Waals surface area contributed by atoms with Gasteiger partial charge in [0.15, 0.2) is 0 Å². The molecule has 0 spiro atoms. The van der Waals surface area contributed by atoms with Gasteiger partial charge in [-0.2, -0.15) is 22.0 Å². The average molecular weight is 326 g/mol. The van der Waals surface area contributed by atoms with Crippen molar-refractivity contribution in [2.75, 3.05) is 11.9 Å². The number of rotatable bonds is 2. The molecule has 0 radical (unpaired) electrons. The Labute approximate surface area is 123 Å². The smallest absolute Gasteiger partial charge is 0.443 e. The van der Waals surface area contributed by atoms with Crippen molar-refractivity contribution in [3.05, 3.63) is 24.0 Å². The summed E-state index contributed by atoms with van der Waals surface area (Å²) in [5.74, 6) is -5.06. The molecule has 22 heavy (non-hydrogen) atoms. The Kier molecular flexibility index (Phi) is 4.69. The van der Waals surface area contributed by atoms with Gasteiger partial charge in [-0.1, -0.05) is 0 Å². The first-order chi connectivity index (χ1) is 9.75. The van der Waals surface area contributed by atoms with Crippen molar-refractivity contribution >= 4 is 11.8 Å². The topological polar surface area (TPSA) is 42.4 Å². The van der Waals surface area contributed by atoms with Crippen LogP contribution < -0.4 is 4.90 Å². The van der Waals surface area contributed by atoms with E-state index in [1.165, 1.54) is 7.05 Å². The summed E-state index contributed by atoms with van der Waals surface area (Å²) < 4.78 is 67.9. The van der Waals surface area contributed by atoms with Gasteiger partial charge in [0.1, 0.15) is 11.3 Å². The number of anilines is 1. The lowest BCUT2D eigenvalue weighted by molar-refractivity contribution is -0.290. The number of aromatic nitrogens is 1. The SMILES string of the molecule is CN(C(=O)OC(C)(C)C)c1ccc(C(F)(F)C(F)(F)F)nc1. The van der Waals surface area contributed by atoms with E-state index in [4.69, 9.17) is 4.74 Å². The number of nitrogens with zero attached hydrogens (tertiary/aromatic N) is 2. The molecule has 1 amide bonds. The molecular weight excluding hydrogens is 311 g/mol. The number of ether oxygens (including phenoxy) is 1. The Morgan fingerprint density at radius 2 is 1.68 bits per heavy atom. The molecule has 0 fully saturated rings. The standard InChI is InChI=1S/C13H15F5N2O2/c1-11(2,3)22-10(21)20(4)8-5-6-9(19-7-8)12(14,15)13(16,17)18/h5-7H,1-4H3. The average Bonchev–Trinajstić information content (AvgIpc) is 2.34. The highest BCUT2D eigenvalue weighted by molar-refractivity contribution is 5.86. The molecule has 0 atom stereocenters. The second-order valence-electron chi connectivity index (χ2n) is 5.51. The minimum Gasteiger partial charge on any atom is -0.443 e. The molecule has 1 aromatic heterocycles. The summed E-state index contributed by atoms with van der Waals surface area (Å²) in [6, 6.07) is 1.45. The van der Waals surface area contributed by atoms with Crippen molar-refractivity contribution in [2.45, 2.75) is 38.5 Å². The third-order valence-electron chi connectivity index (χ3n) is 2.48. The van der Waals surface area contributed by atoms with E-state index in [2.05, 4.69) is 4.98 Å². The molecule has 0 aromatic carbocycles. The Hall–Kier alpha value is -1.93. The molecule has 0 bridgehead atoms. The van der Waals surface area contributed by atoms with Crippen molar-refractivity contribution in [3.8, 4) is 0 Å². The lowest BCUT2D eigenvalue weighted by atomic mass is 10.2. The minimum atomic E-state index is -5.74. The molecule has 1 rings (SSSR count). The van der Waals surface area contributed by atoms with Gasteiger partial charge in [0.05, 0.1) is 11.9 Å². The summed E-state index contributed by atoms with van der Waals surface area (Å²) >= 11 is 0. The summed E-state index contributed by atoms with van der Waals surface area (Å²) in [6.07, 6.45) is -5.78. The third-order valence-corrected chi connectivity index (χ3v) is 2.48. The van der Waals surface area contributed by atoms with Gasteiger partial charge in [0.25, 0.3) is 0 Å². The van der Waals surface area contributed by atoms with Crippen LogP contribution in [0.2, 0.25) is 0 Å². The lowest BCUT2D eigenvalue weighted by Gasteiger charge is -2.25. The maximum Gasteiger partial charge on any atom is 0.459 e. The lowest BCUT2D eigenvalue weighted by Crippen LogP contribution is -2.35. The van der Waals surface area contributed by atoms with Crippen LogP contribution in [-0.4, -0.2) is 29.9 Å². The molecule has 1 aromatic rings. The highest BCUT2D eigenvalue weighted by atomic mass is 19.4. The molecular formula is C13H15F5N2O2. The molecule has 0 aliphatic heterocycles. The molecule has 0 N–H and O–H groups in total. The molecule has 0 aliphatic carbocycles. The molecule has 4 nitrogen and oxygen atoms in total. The Bertz CT molecular complexity index is 535. The normalized spacial score (nSPS) is 13.0. The fourth-order valence-corrected chi connectivity index (χ4v) is 1.35. The van der Waals surface area contributed by atoms with Crippen molar-refractivity contribution in [1.82, 2.24) is 4.98 Å². The maximum atomic E-state index is 13.1. The van der Waals surface area contributed by atoms with Crippen LogP contribution in [0.3, 0.4) is 0 Å². The van der Waals surface area contributed by atoms with Crippen LogP contribution in [0, 0.1) is 0 Å². The first-order valence-electron chi connectivity index (χ1n) is 6.13. The Morgan fingerprint density at radius 1 is 1.14 bits per heavy atom. The highest BCUT2D eigenvalue weighted by Gasteiger charge is 2.59. The molecule has 9 heteroatoms. The van der Waals surface area contributed by atoms with Gasteiger partial charge >= 0.3 is 18.2 Å². The minimum absolute atomic E-state index is 0.0241. The molecule has 0 aliphatic rings. The first-order valence-corrected chi connectivity index (χ1v) is 6.13. The fraction of sp³-hybridized carbons (Fsp3) is 0.538. The zero-order valence-corrected chi connectivity index (χ0v) is 12.3. The number of hydrogen-bond donors (Lipinski definition) is 0. The predicted molar refractivity (Wildman–Crippen MR) is 68.8 cm³/mol. The number of halogens is 5. The molecule has 0 unspecified atom stereocenters. The van der Waals surface area contributed by atoms with Crippen LogP contribution in [0.15, 0.2) is 18.3 Å². The molecule has 1 heterocycles. The quantitative estimate of drug-likeness (QED) is 0.768. The summed E-state index contributed by atoms with van der Waals surface area (Å²) in [5.41, 5.74) is -2.19. The van der Waals surface area contributed by atoms with E-state index in [0.717, 1.165) is 17.2 Å². The van der Waals surface area contributed by atoms with Crippen LogP contribution in [0.4, 0.5) is 32.4 Å². The zero-order chi connectivity index (χ0) is 17.3. The van der Waals surface area contributed by atoms with E-state index in [-0.39, 0.29) is 5.69 Å². The van der Waals surface area contributed by atoms with Gasteiger partial charge in [0.2, 0.25) is 0 Å². The Morgan fingerprint density at radius 3 is 2.05 bits per heavy atom. The highest BCUT2D eigenvalue weighted by Crippen LogP contribution is 2.43. The predicted octanol–water partition coefficient (Wildman–Crippen LogP) is 4.11. The fourth-order valence-electron chi connectivity index (χ4n) is 1.35. The number of amides is 1. The maximum absolute atomic E-state index is 13.1. The number of carbonyl (C=O) groups is 1. The van der Waals surface area contributed by atoms with Gasteiger partial charge in [-0.05, 0) is 32.9 Å². The summed E-state index contributed by atoms with van der Waals surface area (Å²) in [7, 11) is 1.28. The molecule has 0 saturated carbocycles.